The summed E-state index contributed by atoms with van der Waals surface area (Å²) in [5.41, 5.74) is 1.43. The first-order chi connectivity index (χ1) is 8.08. The summed E-state index contributed by atoms with van der Waals surface area (Å²) in [4.78, 5) is 13.1. The van der Waals surface area contributed by atoms with Crippen LogP contribution in [0.4, 0.5) is 5.69 Å². The summed E-state index contributed by atoms with van der Waals surface area (Å²) in [6, 6.07) is 7.61. The number of nitrogens with zero attached hydrogens (tertiary/aromatic N) is 2. The van der Waals surface area contributed by atoms with E-state index in [1.807, 2.05) is 24.1 Å². The number of rotatable bonds is 4. The Morgan fingerprint density at radius 2 is 2.29 bits per heavy atom. The number of hydrogen-bond donors (Lipinski definition) is 1. The number of carbonyl (C=O) groups excluding carboxylic acids is 1. The van der Waals surface area contributed by atoms with E-state index in [2.05, 4.69) is 27.3 Å². The lowest BCUT2D eigenvalue weighted by Crippen LogP contribution is -2.26. The van der Waals surface area contributed by atoms with Gasteiger partial charge in [-0.05, 0) is 18.2 Å². The molecule has 0 saturated heterocycles. The summed E-state index contributed by atoms with van der Waals surface area (Å²) in [5.74, 6) is -0.00893. The predicted octanol–water partition coefficient (Wildman–Crippen LogP) is 1.89. The van der Waals surface area contributed by atoms with Gasteiger partial charge in [0.2, 0.25) is 5.91 Å². The maximum atomic E-state index is 11.2. The third-order valence-electron chi connectivity index (χ3n) is 2.44. The Hall–Kier alpha value is -1.54. The Bertz CT molecular complexity index is 454. The van der Waals surface area contributed by atoms with Gasteiger partial charge in [0, 0.05) is 31.5 Å². The Morgan fingerprint density at radius 3 is 2.88 bits per heavy atom. The van der Waals surface area contributed by atoms with E-state index < -0.39 is 0 Å². The lowest BCUT2D eigenvalue weighted by molar-refractivity contribution is -0.120. The zero-order valence-electron chi connectivity index (χ0n) is 9.83. The highest BCUT2D eigenvalue weighted by atomic mass is 79.9. The lowest BCUT2D eigenvalue weighted by atomic mass is 10.2. The molecule has 0 saturated carbocycles. The molecule has 0 heterocycles. The van der Waals surface area contributed by atoms with Crippen LogP contribution in [0.15, 0.2) is 22.7 Å². The molecule has 0 aliphatic heterocycles. The van der Waals surface area contributed by atoms with Crippen molar-refractivity contribution in [2.45, 2.75) is 6.42 Å². The molecule has 1 aromatic carbocycles. The molecule has 1 N–H and O–H groups in total. The number of hydrogen-bond acceptors (Lipinski definition) is 3. The Kier molecular flexibility index (Phi) is 4.98. The van der Waals surface area contributed by atoms with E-state index in [4.69, 9.17) is 5.26 Å². The van der Waals surface area contributed by atoms with Gasteiger partial charge in [0.1, 0.15) is 6.07 Å². The van der Waals surface area contributed by atoms with Crippen LogP contribution in [-0.2, 0) is 4.79 Å². The summed E-state index contributed by atoms with van der Waals surface area (Å²) >= 11 is 3.37. The minimum Gasteiger partial charge on any atom is -0.373 e. The standard InChI is InChI=1S/C12H14BrN3O/c1-15-12(17)5-6-16(2)11-7-10(13)4-3-9(11)8-14/h3-4,7H,5-6H2,1-2H3,(H,15,17). The van der Waals surface area contributed by atoms with Gasteiger partial charge in [-0.15, -0.1) is 0 Å². The zero-order valence-corrected chi connectivity index (χ0v) is 11.4. The minimum atomic E-state index is -0.00893. The molecule has 0 radical (unpaired) electrons. The van der Waals surface area contributed by atoms with Crippen molar-refractivity contribution in [3.8, 4) is 6.07 Å². The summed E-state index contributed by atoms with van der Waals surface area (Å²) in [5, 5.41) is 11.6. The highest BCUT2D eigenvalue weighted by Gasteiger charge is 2.09. The predicted molar refractivity (Wildman–Crippen MR) is 70.8 cm³/mol. The van der Waals surface area contributed by atoms with Crippen molar-refractivity contribution in [2.24, 2.45) is 0 Å². The van der Waals surface area contributed by atoms with Crippen LogP contribution in [0, 0.1) is 11.3 Å². The third-order valence-corrected chi connectivity index (χ3v) is 2.94. The molecule has 0 unspecified atom stereocenters. The van der Waals surface area contributed by atoms with Gasteiger partial charge in [0.05, 0.1) is 11.3 Å². The molecule has 1 rings (SSSR count). The van der Waals surface area contributed by atoms with Gasteiger partial charge in [-0.2, -0.15) is 5.26 Å². The molecule has 4 nitrogen and oxygen atoms in total. The van der Waals surface area contributed by atoms with Gasteiger partial charge in [-0.25, -0.2) is 0 Å². The highest BCUT2D eigenvalue weighted by Crippen LogP contribution is 2.23. The van der Waals surface area contributed by atoms with E-state index in [9.17, 15) is 4.79 Å². The maximum absolute atomic E-state index is 11.2. The summed E-state index contributed by atoms with van der Waals surface area (Å²) in [7, 11) is 3.48. The monoisotopic (exact) mass is 295 g/mol. The topological polar surface area (TPSA) is 56.1 Å². The SMILES string of the molecule is CNC(=O)CCN(C)c1cc(Br)ccc1C#N. The van der Waals surface area contributed by atoms with Gasteiger partial charge >= 0.3 is 0 Å². The number of halogens is 1. The van der Waals surface area contributed by atoms with Gasteiger partial charge in [-0.1, -0.05) is 15.9 Å². The van der Waals surface area contributed by atoms with Crippen LogP contribution in [0.2, 0.25) is 0 Å². The van der Waals surface area contributed by atoms with Crippen LogP contribution >= 0.6 is 15.9 Å². The molecule has 0 bridgehead atoms. The molecule has 1 amide bonds. The largest absolute Gasteiger partial charge is 0.373 e. The van der Waals surface area contributed by atoms with E-state index in [0.29, 0.717) is 18.5 Å². The second-order valence-corrected chi connectivity index (χ2v) is 4.53. The molecular formula is C12H14BrN3O. The molecule has 0 aromatic heterocycles. The van der Waals surface area contributed by atoms with Crippen LogP contribution in [0.5, 0.6) is 0 Å². The van der Waals surface area contributed by atoms with E-state index in [1.54, 1.807) is 13.1 Å². The first kappa shape index (κ1) is 13.5. The second-order valence-electron chi connectivity index (χ2n) is 3.62. The normalized spacial score (nSPS) is 9.53. The van der Waals surface area contributed by atoms with Crippen molar-refractivity contribution >= 4 is 27.5 Å². The van der Waals surface area contributed by atoms with Crippen molar-refractivity contribution in [3.05, 3.63) is 28.2 Å². The quantitative estimate of drug-likeness (QED) is 0.923. The number of amides is 1. The zero-order chi connectivity index (χ0) is 12.8. The molecule has 1 aromatic rings. The number of carbonyl (C=O) groups is 1. The van der Waals surface area contributed by atoms with Crippen molar-refractivity contribution in [1.29, 1.82) is 5.26 Å². The van der Waals surface area contributed by atoms with Gasteiger partial charge in [-0.3, -0.25) is 4.79 Å². The fraction of sp³-hybridized carbons (Fsp3) is 0.333. The van der Waals surface area contributed by atoms with E-state index >= 15 is 0 Å². The third kappa shape index (κ3) is 3.75. The Balaban J connectivity index is 2.81. The number of nitriles is 1. The number of nitrogens with one attached hydrogen (secondary N) is 1. The van der Waals surface area contributed by atoms with Crippen LogP contribution in [0.3, 0.4) is 0 Å². The molecular weight excluding hydrogens is 282 g/mol. The van der Waals surface area contributed by atoms with E-state index in [-0.39, 0.29) is 5.91 Å². The minimum absolute atomic E-state index is 0.00893. The van der Waals surface area contributed by atoms with Crippen LogP contribution in [0.25, 0.3) is 0 Å². The van der Waals surface area contributed by atoms with Gasteiger partial charge < -0.3 is 10.2 Å². The van der Waals surface area contributed by atoms with Crippen molar-refractivity contribution in [2.75, 3.05) is 25.5 Å². The highest BCUT2D eigenvalue weighted by molar-refractivity contribution is 9.10. The molecule has 0 spiro atoms. The van der Waals surface area contributed by atoms with Crippen LogP contribution < -0.4 is 10.2 Å². The van der Waals surface area contributed by atoms with Gasteiger partial charge in [0.25, 0.3) is 0 Å². The fourth-order valence-corrected chi connectivity index (χ4v) is 1.78. The Morgan fingerprint density at radius 1 is 1.59 bits per heavy atom. The molecule has 0 aliphatic rings. The summed E-state index contributed by atoms with van der Waals surface area (Å²) in [6.45, 7) is 0.574. The van der Waals surface area contributed by atoms with Crippen LogP contribution in [0.1, 0.15) is 12.0 Å². The van der Waals surface area contributed by atoms with Crippen LogP contribution in [-0.4, -0.2) is 26.5 Å². The molecule has 0 fully saturated rings. The first-order valence-corrected chi connectivity index (χ1v) is 5.99. The molecule has 0 atom stereocenters. The summed E-state index contributed by atoms with van der Waals surface area (Å²) < 4.78 is 0.915. The summed E-state index contributed by atoms with van der Waals surface area (Å²) in [6.07, 6.45) is 0.407. The van der Waals surface area contributed by atoms with E-state index in [1.165, 1.54) is 0 Å². The van der Waals surface area contributed by atoms with Crippen molar-refractivity contribution in [3.63, 3.8) is 0 Å². The van der Waals surface area contributed by atoms with Crippen molar-refractivity contribution in [1.82, 2.24) is 5.32 Å². The maximum Gasteiger partial charge on any atom is 0.221 e. The number of benzene rings is 1. The van der Waals surface area contributed by atoms with Gasteiger partial charge in [0.15, 0.2) is 0 Å². The Labute approximate surface area is 109 Å². The van der Waals surface area contributed by atoms with Crippen molar-refractivity contribution < 1.29 is 4.79 Å². The average Bonchev–Trinajstić information content (AvgIpc) is 2.35. The molecule has 5 heteroatoms. The molecule has 17 heavy (non-hydrogen) atoms. The second kappa shape index (κ2) is 6.26. The van der Waals surface area contributed by atoms with E-state index in [0.717, 1.165) is 10.2 Å². The molecule has 0 aliphatic carbocycles. The fourth-order valence-electron chi connectivity index (χ4n) is 1.43. The first-order valence-electron chi connectivity index (χ1n) is 5.20. The lowest BCUT2D eigenvalue weighted by Gasteiger charge is -2.20. The number of anilines is 1. The molecule has 90 valence electrons. The smallest absolute Gasteiger partial charge is 0.221 e. The average molecular weight is 296 g/mol.